The Hall–Kier alpha value is -0.860. The van der Waals surface area contributed by atoms with Crippen LogP contribution in [0.1, 0.15) is 16.8 Å². The molecular weight excluding hydrogens is 198 g/mol. The van der Waals surface area contributed by atoms with Crippen LogP contribution in [0, 0.1) is 5.92 Å². The molecule has 0 amide bonds. The average molecular weight is 210 g/mol. The number of Topliss-reactive ketones (excluding diaryl/α,β-unsaturated/α-hetero) is 1. The molecule has 1 aliphatic heterocycles. The summed E-state index contributed by atoms with van der Waals surface area (Å²) < 4.78 is 0. The molecule has 0 saturated carbocycles. The third-order valence-corrected chi connectivity index (χ3v) is 2.78. The van der Waals surface area contributed by atoms with Gasteiger partial charge in [0.05, 0.1) is 0 Å². The van der Waals surface area contributed by atoms with E-state index in [4.69, 9.17) is 11.6 Å². The van der Waals surface area contributed by atoms with Crippen LogP contribution in [0.25, 0.3) is 0 Å². The number of carbonyl (C=O) groups excluding carboxylic acids is 1. The highest BCUT2D eigenvalue weighted by Crippen LogP contribution is 2.18. The molecule has 1 aromatic rings. The largest absolute Gasteiger partial charge is 0.316 e. The molecule has 1 saturated heterocycles. The molecule has 1 aliphatic rings. The fourth-order valence-electron chi connectivity index (χ4n) is 1.76. The van der Waals surface area contributed by atoms with Gasteiger partial charge in [0.15, 0.2) is 5.78 Å². The van der Waals surface area contributed by atoms with Crippen LogP contribution in [0.15, 0.2) is 24.3 Å². The summed E-state index contributed by atoms with van der Waals surface area (Å²) in [7, 11) is 0. The molecular formula is C11H12ClNO. The molecule has 0 aromatic heterocycles. The predicted octanol–water partition coefficient (Wildman–Crippen LogP) is 2.13. The Bertz CT molecular complexity index is 345. The number of nitrogens with one attached hydrogen (secondary N) is 1. The lowest BCUT2D eigenvalue weighted by Gasteiger charge is -2.06. The van der Waals surface area contributed by atoms with Gasteiger partial charge in [-0.25, -0.2) is 0 Å². The van der Waals surface area contributed by atoms with Crippen LogP contribution in [-0.4, -0.2) is 18.9 Å². The summed E-state index contributed by atoms with van der Waals surface area (Å²) in [5.74, 6) is 0.339. The summed E-state index contributed by atoms with van der Waals surface area (Å²) in [6.45, 7) is 1.74. The molecule has 0 radical (unpaired) electrons. The van der Waals surface area contributed by atoms with E-state index in [-0.39, 0.29) is 11.7 Å². The normalized spacial score (nSPS) is 21.1. The minimum atomic E-state index is 0.133. The van der Waals surface area contributed by atoms with Gasteiger partial charge in [0.25, 0.3) is 0 Å². The van der Waals surface area contributed by atoms with Gasteiger partial charge < -0.3 is 5.32 Å². The van der Waals surface area contributed by atoms with Gasteiger partial charge >= 0.3 is 0 Å². The summed E-state index contributed by atoms with van der Waals surface area (Å²) in [4.78, 5) is 11.9. The predicted molar refractivity (Wildman–Crippen MR) is 56.8 cm³/mol. The molecule has 74 valence electrons. The molecule has 1 fully saturated rings. The van der Waals surface area contributed by atoms with Crippen LogP contribution in [0.2, 0.25) is 5.02 Å². The first-order valence-corrected chi connectivity index (χ1v) is 5.15. The number of rotatable bonds is 2. The highest BCUT2D eigenvalue weighted by atomic mass is 35.5. The van der Waals surface area contributed by atoms with E-state index in [2.05, 4.69) is 5.32 Å². The Kier molecular flexibility index (Phi) is 2.85. The topological polar surface area (TPSA) is 29.1 Å². The molecule has 14 heavy (non-hydrogen) atoms. The lowest BCUT2D eigenvalue weighted by Crippen LogP contribution is -2.17. The molecule has 3 heteroatoms. The second-order valence-electron chi connectivity index (χ2n) is 3.56. The molecule has 0 aliphatic carbocycles. The maximum Gasteiger partial charge on any atom is 0.167 e. The molecule has 1 atom stereocenters. The van der Waals surface area contributed by atoms with Crippen molar-refractivity contribution < 1.29 is 4.79 Å². The van der Waals surface area contributed by atoms with E-state index in [0.717, 1.165) is 25.1 Å². The van der Waals surface area contributed by atoms with Crippen molar-refractivity contribution in [2.24, 2.45) is 5.92 Å². The zero-order valence-electron chi connectivity index (χ0n) is 7.79. The van der Waals surface area contributed by atoms with E-state index in [9.17, 15) is 4.79 Å². The van der Waals surface area contributed by atoms with Crippen molar-refractivity contribution in [2.75, 3.05) is 13.1 Å². The van der Waals surface area contributed by atoms with Gasteiger partial charge in [-0.15, -0.1) is 0 Å². The molecule has 2 nitrogen and oxygen atoms in total. The van der Waals surface area contributed by atoms with Gasteiger partial charge in [0.2, 0.25) is 0 Å². The number of hydrogen-bond acceptors (Lipinski definition) is 2. The summed E-state index contributed by atoms with van der Waals surface area (Å²) in [5, 5.41) is 3.81. The monoisotopic (exact) mass is 209 g/mol. The van der Waals surface area contributed by atoms with Gasteiger partial charge in [-0.1, -0.05) is 23.7 Å². The van der Waals surface area contributed by atoms with Crippen LogP contribution in [-0.2, 0) is 0 Å². The summed E-state index contributed by atoms with van der Waals surface area (Å²) >= 11 is 5.83. The van der Waals surface area contributed by atoms with Crippen LogP contribution in [0.3, 0.4) is 0 Å². The van der Waals surface area contributed by atoms with E-state index >= 15 is 0 Å². The first-order valence-electron chi connectivity index (χ1n) is 4.78. The third kappa shape index (κ3) is 1.97. The standard InChI is InChI=1S/C11H12ClNO/c12-10-3-1-2-8(6-10)11(14)9-4-5-13-7-9/h1-3,6,9,13H,4-5,7H2. The first-order chi connectivity index (χ1) is 6.77. The summed E-state index contributed by atoms with van der Waals surface area (Å²) in [6.07, 6.45) is 0.936. The van der Waals surface area contributed by atoms with Gasteiger partial charge in [-0.05, 0) is 25.1 Å². The van der Waals surface area contributed by atoms with Crippen LogP contribution in [0.4, 0.5) is 0 Å². The Morgan fingerprint density at radius 2 is 2.36 bits per heavy atom. The molecule has 0 bridgehead atoms. The number of halogens is 1. The summed E-state index contributed by atoms with van der Waals surface area (Å²) in [5.41, 5.74) is 0.728. The van der Waals surface area contributed by atoms with Gasteiger partial charge in [0.1, 0.15) is 0 Å². The van der Waals surface area contributed by atoms with Crippen molar-refractivity contribution in [3.8, 4) is 0 Å². The van der Waals surface area contributed by atoms with Crippen LogP contribution < -0.4 is 5.32 Å². The minimum absolute atomic E-state index is 0.133. The maximum absolute atomic E-state index is 11.9. The van der Waals surface area contributed by atoms with Crippen molar-refractivity contribution in [3.05, 3.63) is 34.9 Å². The van der Waals surface area contributed by atoms with Gasteiger partial charge in [0, 0.05) is 23.0 Å². The molecule has 1 heterocycles. The average Bonchev–Trinajstić information content (AvgIpc) is 2.69. The molecule has 1 unspecified atom stereocenters. The van der Waals surface area contributed by atoms with Crippen molar-refractivity contribution in [2.45, 2.75) is 6.42 Å². The second kappa shape index (κ2) is 4.11. The Labute approximate surface area is 88.3 Å². The van der Waals surface area contributed by atoms with Gasteiger partial charge in [-0.2, -0.15) is 0 Å². The second-order valence-corrected chi connectivity index (χ2v) is 4.00. The fourth-order valence-corrected chi connectivity index (χ4v) is 1.95. The first kappa shape index (κ1) is 9.69. The Morgan fingerprint density at radius 1 is 1.50 bits per heavy atom. The lowest BCUT2D eigenvalue weighted by molar-refractivity contribution is 0.0930. The molecule has 2 rings (SSSR count). The number of benzene rings is 1. The van der Waals surface area contributed by atoms with E-state index in [1.165, 1.54) is 0 Å². The van der Waals surface area contributed by atoms with Crippen molar-refractivity contribution in [1.29, 1.82) is 0 Å². The zero-order chi connectivity index (χ0) is 9.97. The SMILES string of the molecule is O=C(c1cccc(Cl)c1)C1CCNC1. The molecule has 1 N–H and O–H groups in total. The number of hydrogen-bond donors (Lipinski definition) is 1. The highest BCUT2D eigenvalue weighted by molar-refractivity contribution is 6.31. The smallest absolute Gasteiger partial charge is 0.167 e. The van der Waals surface area contributed by atoms with Gasteiger partial charge in [-0.3, -0.25) is 4.79 Å². The minimum Gasteiger partial charge on any atom is -0.316 e. The number of carbonyl (C=O) groups is 1. The van der Waals surface area contributed by atoms with Crippen molar-refractivity contribution >= 4 is 17.4 Å². The van der Waals surface area contributed by atoms with E-state index < -0.39 is 0 Å². The van der Waals surface area contributed by atoms with E-state index in [1.807, 2.05) is 12.1 Å². The van der Waals surface area contributed by atoms with E-state index in [1.54, 1.807) is 12.1 Å². The lowest BCUT2D eigenvalue weighted by atomic mass is 9.97. The zero-order valence-corrected chi connectivity index (χ0v) is 8.55. The third-order valence-electron chi connectivity index (χ3n) is 2.54. The van der Waals surface area contributed by atoms with Crippen LogP contribution >= 0.6 is 11.6 Å². The number of ketones is 1. The quantitative estimate of drug-likeness (QED) is 0.757. The fraction of sp³-hybridized carbons (Fsp3) is 0.364. The Balaban J connectivity index is 2.17. The highest BCUT2D eigenvalue weighted by Gasteiger charge is 2.23. The van der Waals surface area contributed by atoms with Crippen LogP contribution in [0.5, 0.6) is 0 Å². The maximum atomic E-state index is 11.9. The molecule has 0 spiro atoms. The van der Waals surface area contributed by atoms with E-state index in [0.29, 0.717) is 5.02 Å². The van der Waals surface area contributed by atoms with Crippen molar-refractivity contribution in [1.82, 2.24) is 5.32 Å². The summed E-state index contributed by atoms with van der Waals surface area (Å²) in [6, 6.07) is 7.16. The molecule has 1 aromatic carbocycles. The van der Waals surface area contributed by atoms with Crippen molar-refractivity contribution in [3.63, 3.8) is 0 Å². The Morgan fingerprint density at radius 3 is 3.00 bits per heavy atom.